The van der Waals surface area contributed by atoms with Gasteiger partial charge in [-0.2, -0.15) is 0 Å². The Morgan fingerprint density at radius 3 is 2.57 bits per heavy atom. The number of carbonyl (C=O) groups is 1. The fraction of sp³-hybridized carbons (Fsp3) is 0.611. The van der Waals surface area contributed by atoms with Crippen LogP contribution in [0.1, 0.15) is 45.6 Å². The van der Waals surface area contributed by atoms with Gasteiger partial charge in [0.1, 0.15) is 0 Å². The highest BCUT2D eigenvalue weighted by Gasteiger charge is 2.45. The second-order valence-corrected chi connectivity index (χ2v) is 7.92. The van der Waals surface area contributed by atoms with Gasteiger partial charge in [0.25, 0.3) is 0 Å². The second-order valence-electron chi connectivity index (χ2n) is 7.51. The number of rotatable bonds is 7. The third-order valence-corrected chi connectivity index (χ3v) is 4.79. The van der Waals surface area contributed by atoms with Crippen LogP contribution in [0.5, 0.6) is 0 Å². The summed E-state index contributed by atoms with van der Waals surface area (Å²) in [5, 5.41) is 16.1. The van der Waals surface area contributed by atoms with Gasteiger partial charge in [0.15, 0.2) is 0 Å². The Bertz CT molecular complexity index is 554. The van der Waals surface area contributed by atoms with Gasteiger partial charge in [0.05, 0.1) is 6.10 Å². The maximum atomic E-state index is 12.0. The summed E-state index contributed by atoms with van der Waals surface area (Å²) in [7, 11) is 0. The van der Waals surface area contributed by atoms with Crippen LogP contribution in [0.4, 0.5) is 4.79 Å². The van der Waals surface area contributed by atoms with Crippen molar-refractivity contribution in [2.24, 2.45) is 5.41 Å². The highest BCUT2D eigenvalue weighted by molar-refractivity contribution is 6.31. The molecule has 0 saturated heterocycles. The summed E-state index contributed by atoms with van der Waals surface area (Å²) in [4.78, 5) is 12.0. The Kier molecular flexibility index (Phi) is 5.58. The van der Waals surface area contributed by atoms with E-state index in [4.69, 9.17) is 11.6 Å². The predicted octanol–water partition coefficient (Wildman–Crippen LogP) is 3.47. The summed E-state index contributed by atoms with van der Waals surface area (Å²) in [5.74, 6) is 0. The van der Waals surface area contributed by atoms with Gasteiger partial charge >= 0.3 is 6.03 Å². The van der Waals surface area contributed by atoms with E-state index in [1.807, 2.05) is 38.1 Å². The van der Waals surface area contributed by atoms with Crippen molar-refractivity contribution in [3.63, 3.8) is 0 Å². The van der Waals surface area contributed by atoms with Crippen molar-refractivity contribution in [2.45, 2.75) is 51.6 Å². The lowest BCUT2D eigenvalue weighted by molar-refractivity contribution is 0.129. The van der Waals surface area contributed by atoms with Gasteiger partial charge in [-0.1, -0.05) is 43.6 Å². The first-order chi connectivity index (χ1) is 10.7. The first kappa shape index (κ1) is 18.1. The van der Waals surface area contributed by atoms with Gasteiger partial charge in [-0.3, -0.25) is 0 Å². The van der Waals surface area contributed by atoms with Crippen molar-refractivity contribution in [1.29, 1.82) is 0 Å². The van der Waals surface area contributed by atoms with Gasteiger partial charge in [-0.25, -0.2) is 4.79 Å². The minimum atomic E-state index is -0.371. The standard InChI is InChI=1S/C18H27ClN2O2/c1-13(22)10-17(2,3)11-20-16(23)21-12-18(8-9-18)14-6-4-5-7-15(14)19/h4-7,13,22H,8-12H2,1-3H3,(H2,20,21,23). The van der Waals surface area contributed by atoms with E-state index in [0.717, 1.165) is 23.4 Å². The van der Waals surface area contributed by atoms with Crippen molar-refractivity contribution in [3.8, 4) is 0 Å². The lowest BCUT2D eigenvalue weighted by Crippen LogP contribution is -2.43. The molecule has 0 aliphatic heterocycles. The van der Waals surface area contributed by atoms with Gasteiger partial charge < -0.3 is 15.7 Å². The number of carbonyl (C=O) groups excluding carboxylic acids is 1. The maximum absolute atomic E-state index is 12.0. The van der Waals surface area contributed by atoms with Gasteiger partial charge in [0.2, 0.25) is 0 Å². The predicted molar refractivity (Wildman–Crippen MR) is 93.8 cm³/mol. The molecule has 3 N–H and O–H groups in total. The largest absolute Gasteiger partial charge is 0.393 e. The van der Waals surface area contributed by atoms with Crippen LogP contribution < -0.4 is 10.6 Å². The molecule has 1 unspecified atom stereocenters. The van der Waals surface area contributed by atoms with Crippen LogP contribution >= 0.6 is 11.6 Å². The van der Waals surface area contributed by atoms with Crippen LogP contribution in [0.15, 0.2) is 24.3 Å². The topological polar surface area (TPSA) is 61.4 Å². The third-order valence-electron chi connectivity index (χ3n) is 4.46. The molecule has 1 fully saturated rings. The molecule has 0 radical (unpaired) electrons. The Morgan fingerprint density at radius 2 is 2.00 bits per heavy atom. The molecule has 1 saturated carbocycles. The van der Waals surface area contributed by atoms with E-state index < -0.39 is 0 Å². The van der Waals surface area contributed by atoms with Gasteiger partial charge in [0, 0.05) is 23.5 Å². The average Bonchev–Trinajstić information content (AvgIpc) is 3.23. The summed E-state index contributed by atoms with van der Waals surface area (Å²) in [6, 6.07) is 7.68. The number of hydrogen-bond donors (Lipinski definition) is 3. The number of urea groups is 1. The minimum absolute atomic E-state index is 0.00911. The zero-order chi connectivity index (χ0) is 17.1. The molecule has 1 aliphatic rings. The lowest BCUT2D eigenvalue weighted by Gasteiger charge is -2.26. The Balaban J connectivity index is 1.82. The summed E-state index contributed by atoms with van der Waals surface area (Å²) in [6.07, 6.45) is 2.37. The van der Waals surface area contributed by atoms with E-state index in [-0.39, 0.29) is 23.0 Å². The van der Waals surface area contributed by atoms with Gasteiger partial charge in [-0.15, -0.1) is 0 Å². The fourth-order valence-electron chi connectivity index (χ4n) is 3.09. The van der Waals surface area contributed by atoms with Crippen LogP contribution in [0, 0.1) is 5.41 Å². The molecule has 0 bridgehead atoms. The molecule has 2 rings (SSSR count). The monoisotopic (exact) mass is 338 g/mol. The number of amides is 2. The lowest BCUT2D eigenvalue weighted by atomic mass is 9.87. The quantitative estimate of drug-likeness (QED) is 0.713. The number of aliphatic hydroxyl groups excluding tert-OH is 1. The van der Waals surface area contributed by atoms with Crippen molar-refractivity contribution in [1.82, 2.24) is 10.6 Å². The van der Waals surface area contributed by atoms with Crippen LogP contribution in [-0.2, 0) is 5.41 Å². The Labute approximate surface area is 143 Å². The van der Waals surface area contributed by atoms with Crippen LogP contribution in [0.25, 0.3) is 0 Å². The van der Waals surface area contributed by atoms with E-state index in [0.29, 0.717) is 19.5 Å². The SMILES string of the molecule is CC(O)CC(C)(C)CNC(=O)NCC1(c2ccccc2Cl)CC1. The molecule has 2 amide bonds. The molecule has 1 aliphatic carbocycles. The number of benzene rings is 1. The molecular weight excluding hydrogens is 312 g/mol. The number of nitrogens with one attached hydrogen (secondary N) is 2. The van der Waals surface area contributed by atoms with Gasteiger partial charge in [-0.05, 0) is 43.2 Å². The van der Waals surface area contributed by atoms with E-state index >= 15 is 0 Å². The first-order valence-electron chi connectivity index (χ1n) is 8.19. The molecule has 4 nitrogen and oxygen atoms in total. The molecule has 1 atom stereocenters. The third kappa shape index (κ3) is 5.11. The van der Waals surface area contributed by atoms with E-state index in [1.54, 1.807) is 6.92 Å². The molecule has 5 heteroatoms. The minimum Gasteiger partial charge on any atom is -0.393 e. The smallest absolute Gasteiger partial charge is 0.314 e. The Hall–Kier alpha value is -1.26. The van der Waals surface area contributed by atoms with Crippen LogP contribution in [0.3, 0.4) is 0 Å². The van der Waals surface area contributed by atoms with Crippen molar-refractivity contribution in [2.75, 3.05) is 13.1 Å². The summed E-state index contributed by atoms with van der Waals surface area (Å²) >= 11 is 6.28. The van der Waals surface area contributed by atoms with Crippen molar-refractivity contribution >= 4 is 17.6 Å². The molecule has 23 heavy (non-hydrogen) atoms. The van der Waals surface area contributed by atoms with Crippen LogP contribution in [-0.4, -0.2) is 30.3 Å². The van der Waals surface area contributed by atoms with Crippen molar-refractivity contribution in [3.05, 3.63) is 34.9 Å². The number of hydrogen-bond acceptors (Lipinski definition) is 2. The summed E-state index contributed by atoms with van der Waals surface area (Å²) < 4.78 is 0. The number of halogens is 1. The molecule has 128 valence electrons. The molecule has 1 aromatic carbocycles. The first-order valence-corrected chi connectivity index (χ1v) is 8.57. The Morgan fingerprint density at radius 1 is 1.35 bits per heavy atom. The summed E-state index contributed by atoms with van der Waals surface area (Å²) in [6.45, 7) is 6.96. The van der Waals surface area contributed by atoms with E-state index in [2.05, 4.69) is 10.6 Å². The fourth-order valence-corrected chi connectivity index (χ4v) is 3.42. The molecule has 1 aromatic rings. The zero-order valence-corrected chi connectivity index (χ0v) is 14.9. The second kappa shape index (κ2) is 7.10. The summed E-state index contributed by atoms with van der Waals surface area (Å²) in [5.41, 5.74) is 0.979. The normalized spacial score (nSPS) is 17.4. The van der Waals surface area contributed by atoms with Crippen LogP contribution in [0.2, 0.25) is 5.02 Å². The average molecular weight is 339 g/mol. The van der Waals surface area contributed by atoms with Crippen molar-refractivity contribution < 1.29 is 9.90 Å². The molecule has 0 heterocycles. The molecular formula is C18H27ClN2O2. The molecule has 0 spiro atoms. The maximum Gasteiger partial charge on any atom is 0.314 e. The zero-order valence-electron chi connectivity index (χ0n) is 14.2. The van der Waals surface area contributed by atoms with E-state index in [1.165, 1.54) is 0 Å². The number of aliphatic hydroxyl groups is 1. The van der Waals surface area contributed by atoms with E-state index in [9.17, 15) is 9.90 Å². The highest BCUT2D eigenvalue weighted by Crippen LogP contribution is 2.49. The molecule has 0 aromatic heterocycles. The highest BCUT2D eigenvalue weighted by atomic mass is 35.5.